The molecule has 1 aromatic carbocycles. The fourth-order valence-electron chi connectivity index (χ4n) is 1.99. The molecule has 0 bridgehead atoms. The predicted molar refractivity (Wildman–Crippen MR) is 62.1 cm³/mol. The first kappa shape index (κ1) is 11.3. The van der Waals surface area contributed by atoms with Crippen molar-refractivity contribution >= 4 is 0 Å². The molecule has 3 heteroatoms. The molecule has 0 fully saturated rings. The lowest BCUT2D eigenvalue weighted by Gasteiger charge is -2.23. The van der Waals surface area contributed by atoms with Crippen molar-refractivity contribution < 1.29 is 14.6 Å². The van der Waals surface area contributed by atoms with Crippen LogP contribution in [0.2, 0.25) is 0 Å². The summed E-state index contributed by atoms with van der Waals surface area (Å²) in [5.74, 6) is 2.17. The van der Waals surface area contributed by atoms with Gasteiger partial charge in [0.2, 0.25) is 0 Å². The summed E-state index contributed by atoms with van der Waals surface area (Å²) in [5.41, 5.74) is 1.11. The Bertz CT molecular complexity index is 360. The maximum atomic E-state index is 9.38. The highest BCUT2D eigenvalue weighted by Gasteiger charge is 2.18. The first-order chi connectivity index (χ1) is 7.72. The van der Waals surface area contributed by atoms with Gasteiger partial charge in [-0.3, -0.25) is 0 Å². The zero-order valence-corrected chi connectivity index (χ0v) is 9.77. The molecule has 1 aliphatic heterocycles. The molecular formula is C13H18O3. The maximum Gasteiger partial charge on any atom is 0.161 e. The van der Waals surface area contributed by atoms with Gasteiger partial charge in [-0.15, -0.1) is 0 Å². The smallest absolute Gasteiger partial charge is 0.161 e. The lowest BCUT2D eigenvalue weighted by atomic mass is 9.89. The molecule has 0 radical (unpaired) electrons. The van der Waals surface area contributed by atoms with Crippen LogP contribution in [0.1, 0.15) is 25.3 Å². The highest BCUT2D eigenvalue weighted by Crippen LogP contribution is 2.34. The Morgan fingerprint density at radius 3 is 2.50 bits per heavy atom. The van der Waals surface area contributed by atoms with Gasteiger partial charge in [-0.2, -0.15) is 0 Å². The van der Waals surface area contributed by atoms with Gasteiger partial charge in [0.05, 0.1) is 6.61 Å². The molecular weight excluding hydrogens is 204 g/mol. The van der Waals surface area contributed by atoms with E-state index in [1.165, 1.54) is 0 Å². The number of hydrogen-bond donors (Lipinski definition) is 1. The van der Waals surface area contributed by atoms with Gasteiger partial charge in [0.1, 0.15) is 13.2 Å². The minimum absolute atomic E-state index is 0.163. The SMILES string of the molecule is CC(C)C(CO)c1ccc2c(c1)OCCO2. The third kappa shape index (κ3) is 2.14. The van der Waals surface area contributed by atoms with E-state index in [9.17, 15) is 5.11 Å². The van der Waals surface area contributed by atoms with Crippen molar-refractivity contribution in [3.63, 3.8) is 0 Å². The second kappa shape index (κ2) is 4.74. The normalized spacial score (nSPS) is 16.2. The van der Waals surface area contributed by atoms with Crippen LogP contribution in [-0.2, 0) is 0 Å². The largest absolute Gasteiger partial charge is 0.486 e. The van der Waals surface area contributed by atoms with E-state index in [-0.39, 0.29) is 12.5 Å². The Hall–Kier alpha value is -1.22. The molecule has 0 saturated carbocycles. The topological polar surface area (TPSA) is 38.7 Å². The van der Waals surface area contributed by atoms with Crippen LogP contribution in [0.5, 0.6) is 11.5 Å². The number of rotatable bonds is 3. The second-order valence-electron chi connectivity index (χ2n) is 4.44. The average Bonchev–Trinajstić information content (AvgIpc) is 2.29. The third-order valence-electron chi connectivity index (χ3n) is 3.00. The van der Waals surface area contributed by atoms with E-state index in [0.29, 0.717) is 19.1 Å². The molecule has 1 aliphatic rings. The van der Waals surface area contributed by atoms with Gasteiger partial charge in [-0.05, 0) is 23.6 Å². The first-order valence-corrected chi connectivity index (χ1v) is 5.72. The van der Waals surface area contributed by atoms with Crippen LogP contribution in [0.4, 0.5) is 0 Å². The fraction of sp³-hybridized carbons (Fsp3) is 0.538. The number of ether oxygens (including phenoxy) is 2. The molecule has 0 saturated heterocycles. The zero-order chi connectivity index (χ0) is 11.5. The van der Waals surface area contributed by atoms with Gasteiger partial charge < -0.3 is 14.6 Å². The third-order valence-corrected chi connectivity index (χ3v) is 3.00. The number of benzene rings is 1. The van der Waals surface area contributed by atoms with Crippen LogP contribution < -0.4 is 9.47 Å². The molecule has 3 nitrogen and oxygen atoms in total. The van der Waals surface area contributed by atoms with Crippen molar-refractivity contribution in [1.82, 2.24) is 0 Å². The van der Waals surface area contributed by atoms with Crippen molar-refractivity contribution in [3.05, 3.63) is 23.8 Å². The molecule has 1 N–H and O–H groups in total. The Morgan fingerprint density at radius 2 is 1.88 bits per heavy atom. The second-order valence-corrected chi connectivity index (χ2v) is 4.44. The average molecular weight is 222 g/mol. The summed E-state index contributed by atoms with van der Waals surface area (Å²) < 4.78 is 11.0. The molecule has 0 spiro atoms. The number of hydrogen-bond acceptors (Lipinski definition) is 3. The van der Waals surface area contributed by atoms with E-state index in [1.807, 2.05) is 18.2 Å². The van der Waals surface area contributed by atoms with Crippen LogP contribution >= 0.6 is 0 Å². The molecule has 2 rings (SSSR count). The van der Waals surface area contributed by atoms with E-state index < -0.39 is 0 Å². The summed E-state index contributed by atoms with van der Waals surface area (Å²) in [4.78, 5) is 0. The van der Waals surface area contributed by atoms with Gasteiger partial charge >= 0.3 is 0 Å². The minimum atomic E-state index is 0.163. The van der Waals surface area contributed by atoms with Crippen molar-refractivity contribution in [1.29, 1.82) is 0 Å². The molecule has 16 heavy (non-hydrogen) atoms. The van der Waals surface area contributed by atoms with E-state index >= 15 is 0 Å². The first-order valence-electron chi connectivity index (χ1n) is 5.72. The molecule has 1 aromatic rings. The molecule has 1 atom stereocenters. The Kier molecular flexibility index (Phi) is 3.34. The van der Waals surface area contributed by atoms with E-state index in [0.717, 1.165) is 17.1 Å². The van der Waals surface area contributed by atoms with E-state index in [2.05, 4.69) is 13.8 Å². The van der Waals surface area contributed by atoms with Gasteiger partial charge in [0.15, 0.2) is 11.5 Å². The molecule has 0 aromatic heterocycles. The van der Waals surface area contributed by atoms with Crippen molar-refractivity contribution in [3.8, 4) is 11.5 Å². The van der Waals surface area contributed by atoms with Crippen molar-refractivity contribution in [2.75, 3.05) is 19.8 Å². The van der Waals surface area contributed by atoms with Crippen LogP contribution in [0, 0.1) is 5.92 Å². The summed E-state index contributed by atoms with van der Waals surface area (Å²) in [6.07, 6.45) is 0. The number of fused-ring (bicyclic) bond motifs is 1. The molecule has 1 unspecified atom stereocenters. The number of aliphatic hydroxyl groups is 1. The quantitative estimate of drug-likeness (QED) is 0.852. The Balaban J connectivity index is 2.28. The lowest BCUT2D eigenvalue weighted by Crippen LogP contribution is -2.17. The summed E-state index contributed by atoms with van der Waals surface area (Å²) in [5, 5.41) is 9.38. The molecule has 88 valence electrons. The summed E-state index contributed by atoms with van der Waals surface area (Å²) in [6.45, 7) is 5.59. The standard InChI is InChI=1S/C13H18O3/c1-9(2)11(8-14)10-3-4-12-13(7-10)16-6-5-15-12/h3-4,7,9,11,14H,5-6,8H2,1-2H3. The highest BCUT2D eigenvalue weighted by molar-refractivity contribution is 5.44. The Morgan fingerprint density at radius 1 is 1.19 bits per heavy atom. The van der Waals surface area contributed by atoms with Crippen molar-refractivity contribution in [2.24, 2.45) is 5.92 Å². The number of aliphatic hydroxyl groups excluding tert-OH is 1. The molecule has 0 amide bonds. The van der Waals surface area contributed by atoms with Crippen LogP contribution in [0.25, 0.3) is 0 Å². The van der Waals surface area contributed by atoms with E-state index in [4.69, 9.17) is 9.47 Å². The van der Waals surface area contributed by atoms with Crippen LogP contribution in [0.15, 0.2) is 18.2 Å². The molecule has 0 aliphatic carbocycles. The van der Waals surface area contributed by atoms with Gasteiger partial charge in [-0.25, -0.2) is 0 Å². The van der Waals surface area contributed by atoms with Crippen LogP contribution in [-0.4, -0.2) is 24.9 Å². The highest BCUT2D eigenvalue weighted by atomic mass is 16.6. The maximum absolute atomic E-state index is 9.38. The van der Waals surface area contributed by atoms with E-state index in [1.54, 1.807) is 0 Å². The monoisotopic (exact) mass is 222 g/mol. The van der Waals surface area contributed by atoms with Gasteiger partial charge in [0.25, 0.3) is 0 Å². The summed E-state index contributed by atoms with van der Waals surface area (Å²) in [6, 6.07) is 5.92. The Labute approximate surface area is 96.0 Å². The predicted octanol–water partition coefficient (Wildman–Crippen LogP) is 2.19. The zero-order valence-electron chi connectivity index (χ0n) is 9.77. The molecule has 1 heterocycles. The fourth-order valence-corrected chi connectivity index (χ4v) is 1.99. The van der Waals surface area contributed by atoms with Gasteiger partial charge in [0, 0.05) is 5.92 Å². The summed E-state index contributed by atoms with van der Waals surface area (Å²) >= 11 is 0. The lowest BCUT2D eigenvalue weighted by molar-refractivity contribution is 0.170. The minimum Gasteiger partial charge on any atom is -0.486 e. The van der Waals surface area contributed by atoms with Gasteiger partial charge in [-0.1, -0.05) is 19.9 Å². The van der Waals surface area contributed by atoms with Crippen molar-refractivity contribution in [2.45, 2.75) is 19.8 Å². The summed E-state index contributed by atoms with van der Waals surface area (Å²) in [7, 11) is 0. The van der Waals surface area contributed by atoms with Crippen LogP contribution in [0.3, 0.4) is 0 Å².